The van der Waals surface area contributed by atoms with Crippen LogP contribution in [0.15, 0.2) is 60.3 Å². The number of hydrogen-bond donors (Lipinski definition) is 1. The van der Waals surface area contributed by atoms with Gasteiger partial charge in [0.15, 0.2) is 11.0 Å². The van der Waals surface area contributed by atoms with Gasteiger partial charge in [0.25, 0.3) is 0 Å². The maximum absolute atomic E-state index is 12.5. The van der Waals surface area contributed by atoms with Crippen LogP contribution in [0.5, 0.6) is 0 Å². The summed E-state index contributed by atoms with van der Waals surface area (Å²) >= 11 is 1.37. The van der Waals surface area contributed by atoms with Gasteiger partial charge in [-0.15, -0.1) is 16.8 Å². The molecule has 0 atom stereocenters. The molecule has 156 valence electrons. The number of aryl methyl sites for hydroxylation is 2. The summed E-state index contributed by atoms with van der Waals surface area (Å²) in [5.41, 5.74) is 5.05. The zero-order valence-electron chi connectivity index (χ0n) is 17.8. The standard InChI is InChI=1S/C23H27N5OS/c1-6-12-28-22(18-8-7-9-19(14-18)27(4)5)25-26-23(28)30-15-21(29)24-20-13-16(2)10-11-17(20)3/h6-11,13-14H,1,12,15H2,2-5H3,(H,24,29). The molecule has 0 aliphatic heterocycles. The smallest absolute Gasteiger partial charge is 0.234 e. The Balaban J connectivity index is 1.76. The van der Waals surface area contributed by atoms with Crippen molar-refractivity contribution in [3.63, 3.8) is 0 Å². The number of thioether (sulfide) groups is 1. The second kappa shape index (κ2) is 9.63. The fraction of sp³-hybridized carbons (Fsp3) is 0.261. The fourth-order valence-electron chi connectivity index (χ4n) is 3.01. The van der Waals surface area contributed by atoms with Crippen molar-refractivity contribution in [2.45, 2.75) is 25.5 Å². The minimum atomic E-state index is -0.0713. The van der Waals surface area contributed by atoms with Crippen LogP contribution >= 0.6 is 11.8 Å². The van der Waals surface area contributed by atoms with Gasteiger partial charge in [-0.25, -0.2) is 0 Å². The molecule has 30 heavy (non-hydrogen) atoms. The number of carbonyl (C=O) groups is 1. The van der Waals surface area contributed by atoms with Crippen molar-refractivity contribution < 1.29 is 4.79 Å². The van der Waals surface area contributed by atoms with Crippen LogP contribution in [0, 0.1) is 13.8 Å². The fourth-order valence-corrected chi connectivity index (χ4v) is 3.76. The van der Waals surface area contributed by atoms with Crippen molar-refractivity contribution in [2.24, 2.45) is 0 Å². The highest BCUT2D eigenvalue weighted by molar-refractivity contribution is 7.99. The molecule has 0 aliphatic rings. The van der Waals surface area contributed by atoms with E-state index in [9.17, 15) is 4.79 Å². The first-order valence-electron chi connectivity index (χ1n) is 9.71. The highest BCUT2D eigenvalue weighted by Gasteiger charge is 2.16. The Bertz CT molecular complexity index is 1060. The zero-order valence-corrected chi connectivity index (χ0v) is 18.7. The van der Waals surface area contributed by atoms with Crippen LogP contribution in [0.25, 0.3) is 11.4 Å². The van der Waals surface area contributed by atoms with Gasteiger partial charge in [-0.1, -0.05) is 42.1 Å². The van der Waals surface area contributed by atoms with Crippen LogP contribution in [0.3, 0.4) is 0 Å². The molecule has 6 nitrogen and oxygen atoms in total. The lowest BCUT2D eigenvalue weighted by atomic mass is 10.1. The molecule has 3 rings (SSSR count). The topological polar surface area (TPSA) is 63.1 Å². The molecule has 1 aromatic heterocycles. The summed E-state index contributed by atoms with van der Waals surface area (Å²) in [7, 11) is 4.01. The van der Waals surface area contributed by atoms with E-state index >= 15 is 0 Å². The van der Waals surface area contributed by atoms with Gasteiger partial charge in [0.1, 0.15) is 0 Å². The number of anilines is 2. The Hall–Kier alpha value is -3.06. The van der Waals surface area contributed by atoms with Gasteiger partial charge in [-0.3, -0.25) is 9.36 Å². The molecule has 0 radical (unpaired) electrons. The van der Waals surface area contributed by atoms with Crippen molar-refractivity contribution >= 4 is 29.0 Å². The van der Waals surface area contributed by atoms with Crippen LogP contribution < -0.4 is 10.2 Å². The molecule has 0 bridgehead atoms. The van der Waals surface area contributed by atoms with Gasteiger partial charge in [-0.2, -0.15) is 0 Å². The monoisotopic (exact) mass is 421 g/mol. The number of aromatic nitrogens is 3. The van der Waals surface area contributed by atoms with Crippen molar-refractivity contribution in [3.05, 3.63) is 66.2 Å². The number of nitrogens with zero attached hydrogens (tertiary/aromatic N) is 4. The van der Waals surface area contributed by atoms with Gasteiger partial charge < -0.3 is 10.2 Å². The van der Waals surface area contributed by atoms with E-state index in [1.165, 1.54) is 11.8 Å². The SMILES string of the molecule is C=CCn1c(SCC(=O)Nc2cc(C)ccc2C)nnc1-c1cccc(N(C)C)c1. The number of hydrogen-bond acceptors (Lipinski definition) is 5. The lowest BCUT2D eigenvalue weighted by Gasteiger charge is -2.14. The molecule has 0 aliphatic carbocycles. The van der Waals surface area contributed by atoms with Crippen molar-refractivity contribution in [3.8, 4) is 11.4 Å². The highest BCUT2D eigenvalue weighted by Crippen LogP contribution is 2.27. The summed E-state index contributed by atoms with van der Waals surface area (Å²) in [6, 6.07) is 14.2. The molecule has 0 fully saturated rings. The maximum Gasteiger partial charge on any atom is 0.234 e. The normalized spacial score (nSPS) is 10.7. The lowest BCUT2D eigenvalue weighted by molar-refractivity contribution is -0.113. The van der Waals surface area contributed by atoms with E-state index in [0.29, 0.717) is 11.7 Å². The number of rotatable bonds is 8. The van der Waals surface area contributed by atoms with Crippen LogP contribution in [0.1, 0.15) is 11.1 Å². The number of nitrogens with one attached hydrogen (secondary N) is 1. The number of amides is 1. The van der Waals surface area contributed by atoms with Gasteiger partial charge >= 0.3 is 0 Å². The van der Waals surface area contributed by atoms with Crippen molar-refractivity contribution in [1.29, 1.82) is 0 Å². The third-order valence-corrected chi connectivity index (χ3v) is 5.62. The van der Waals surface area contributed by atoms with E-state index in [2.05, 4.69) is 28.2 Å². The molecule has 3 aromatic rings. The Kier molecular flexibility index (Phi) is 6.95. The number of carbonyl (C=O) groups excluding carboxylic acids is 1. The summed E-state index contributed by atoms with van der Waals surface area (Å²) in [5, 5.41) is 12.4. The van der Waals surface area contributed by atoms with Gasteiger partial charge in [0, 0.05) is 37.6 Å². The molecule has 2 aromatic carbocycles. The third kappa shape index (κ3) is 5.10. The minimum absolute atomic E-state index is 0.0713. The summed E-state index contributed by atoms with van der Waals surface area (Å²) in [4.78, 5) is 14.5. The molecule has 0 unspecified atom stereocenters. The van der Waals surface area contributed by atoms with E-state index < -0.39 is 0 Å². The lowest BCUT2D eigenvalue weighted by Crippen LogP contribution is -2.15. The Labute approximate surface area is 182 Å². The van der Waals surface area contributed by atoms with Crippen LogP contribution in [0.4, 0.5) is 11.4 Å². The van der Waals surface area contributed by atoms with Crippen LogP contribution in [-0.2, 0) is 11.3 Å². The Morgan fingerprint density at radius 3 is 2.73 bits per heavy atom. The summed E-state index contributed by atoms with van der Waals surface area (Å²) in [6.07, 6.45) is 1.81. The van der Waals surface area contributed by atoms with Crippen LogP contribution in [-0.4, -0.2) is 40.5 Å². The quantitative estimate of drug-likeness (QED) is 0.427. The van der Waals surface area contributed by atoms with Gasteiger partial charge in [-0.05, 0) is 43.2 Å². The highest BCUT2D eigenvalue weighted by atomic mass is 32.2. The van der Waals surface area contributed by atoms with E-state index in [4.69, 9.17) is 0 Å². The predicted molar refractivity (Wildman–Crippen MR) is 125 cm³/mol. The zero-order chi connectivity index (χ0) is 21.7. The molecule has 1 heterocycles. The largest absolute Gasteiger partial charge is 0.378 e. The molecule has 1 amide bonds. The van der Waals surface area contributed by atoms with Crippen molar-refractivity contribution in [1.82, 2.24) is 14.8 Å². The average molecular weight is 422 g/mol. The second-order valence-electron chi connectivity index (χ2n) is 7.31. The molecular formula is C23H27N5OS. The second-order valence-corrected chi connectivity index (χ2v) is 8.25. The molecule has 7 heteroatoms. The summed E-state index contributed by atoms with van der Waals surface area (Å²) in [6.45, 7) is 8.41. The van der Waals surface area contributed by atoms with E-state index in [1.54, 1.807) is 0 Å². The Morgan fingerprint density at radius 2 is 2.00 bits per heavy atom. The first-order valence-corrected chi connectivity index (χ1v) is 10.7. The van der Waals surface area contributed by atoms with E-state index in [1.807, 2.05) is 79.9 Å². The van der Waals surface area contributed by atoms with Crippen LogP contribution in [0.2, 0.25) is 0 Å². The minimum Gasteiger partial charge on any atom is -0.378 e. The first-order chi connectivity index (χ1) is 14.4. The summed E-state index contributed by atoms with van der Waals surface area (Å²) in [5.74, 6) is 0.939. The molecular weight excluding hydrogens is 394 g/mol. The molecule has 1 N–H and O–H groups in total. The predicted octanol–water partition coefficient (Wildman–Crippen LogP) is 4.54. The molecule has 0 saturated carbocycles. The Morgan fingerprint density at radius 1 is 1.20 bits per heavy atom. The van der Waals surface area contributed by atoms with E-state index in [-0.39, 0.29) is 11.7 Å². The van der Waals surface area contributed by atoms with E-state index in [0.717, 1.165) is 33.9 Å². The first kappa shape index (κ1) is 21.6. The van der Waals surface area contributed by atoms with Gasteiger partial charge in [0.05, 0.1) is 5.75 Å². The average Bonchev–Trinajstić information content (AvgIpc) is 3.12. The van der Waals surface area contributed by atoms with Gasteiger partial charge in [0.2, 0.25) is 5.91 Å². The third-order valence-electron chi connectivity index (χ3n) is 4.65. The molecule has 0 spiro atoms. The van der Waals surface area contributed by atoms with Crippen molar-refractivity contribution in [2.75, 3.05) is 30.1 Å². The molecule has 0 saturated heterocycles. The maximum atomic E-state index is 12.5. The number of allylic oxidation sites excluding steroid dienone is 1. The number of benzene rings is 2. The summed E-state index contributed by atoms with van der Waals surface area (Å²) < 4.78 is 1.98.